The van der Waals surface area contributed by atoms with Crippen molar-refractivity contribution in [2.45, 2.75) is 45.4 Å². The van der Waals surface area contributed by atoms with Crippen molar-refractivity contribution < 1.29 is 0 Å². The molecule has 0 unspecified atom stereocenters. The summed E-state index contributed by atoms with van der Waals surface area (Å²) in [5.74, 6) is 0.478. The third-order valence-electron chi connectivity index (χ3n) is 4.60. The number of hydrogen-bond donors (Lipinski definition) is 0. The van der Waals surface area contributed by atoms with Gasteiger partial charge < -0.3 is 4.90 Å². The molecule has 0 spiro atoms. The summed E-state index contributed by atoms with van der Waals surface area (Å²) in [6, 6.07) is 8.76. The molecule has 2 nitrogen and oxygen atoms in total. The molecular weight excluding hydrogens is 256 g/mol. The highest BCUT2D eigenvalue weighted by Crippen LogP contribution is 2.26. The van der Waals surface area contributed by atoms with Crippen LogP contribution in [0.15, 0.2) is 30.5 Å². The number of fused-ring (bicyclic) bond motifs is 1. The molecule has 2 heterocycles. The summed E-state index contributed by atoms with van der Waals surface area (Å²) < 4.78 is 0. The minimum atomic E-state index is 0.478. The molecule has 2 aromatic rings. The molecule has 0 amide bonds. The van der Waals surface area contributed by atoms with E-state index in [0.717, 1.165) is 6.42 Å². The van der Waals surface area contributed by atoms with Crippen LogP contribution in [-0.4, -0.2) is 29.5 Å². The van der Waals surface area contributed by atoms with E-state index in [1.165, 1.54) is 60.9 Å². The summed E-state index contributed by atoms with van der Waals surface area (Å²) in [7, 11) is 0. The van der Waals surface area contributed by atoms with Gasteiger partial charge in [-0.05, 0) is 49.2 Å². The van der Waals surface area contributed by atoms with E-state index in [4.69, 9.17) is 4.98 Å². The van der Waals surface area contributed by atoms with Crippen LogP contribution in [0.5, 0.6) is 0 Å². The summed E-state index contributed by atoms with van der Waals surface area (Å²) in [5.41, 5.74) is 2.63. The number of hydrogen-bond acceptors (Lipinski definition) is 2. The Balaban J connectivity index is 1.83. The van der Waals surface area contributed by atoms with Crippen LogP contribution >= 0.6 is 0 Å². The van der Waals surface area contributed by atoms with Crippen molar-refractivity contribution in [3.05, 3.63) is 41.7 Å². The topological polar surface area (TPSA) is 16.1 Å². The normalized spacial score (nSPS) is 16.7. The molecule has 0 bridgehead atoms. The Hall–Kier alpha value is -1.41. The van der Waals surface area contributed by atoms with Crippen molar-refractivity contribution in [2.75, 3.05) is 19.6 Å². The van der Waals surface area contributed by atoms with E-state index < -0.39 is 0 Å². The fraction of sp³-hybridized carbons (Fsp3) is 0.526. The third-order valence-corrected chi connectivity index (χ3v) is 4.60. The zero-order valence-corrected chi connectivity index (χ0v) is 13.3. The monoisotopic (exact) mass is 282 g/mol. The SMILES string of the molecule is CC(C)c1ncc(CCN2CCCCC2)c2ccccc12. The van der Waals surface area contributed by atoms with Crippen LogP contribution in [0.25, 0.3) is 10.8 Å². The van der Waals surface area contributed by atoms with Crippen molar-refractivity contribution in [1.29, 1.82) is 0 Å². The first kappa shape index (κ1) is 14.5. The zero-order chi connectivity index (χ0) is 14.7. The molecule has 2 heteroatoms. The molecule has 1 aromatic heterocycles. The van der Waals surface area contributed by atoms with Gasteiger partial charge in [-0.3, -0.25) is 4.98 Å². The maximum atomic E-state index is 4.75. The van der Waals surface area contributed by atoms with Crippen molar-refractivity contribution >= 4 is 10.8 Å². The Bertz CT molecular complexity index is 598. The summed E-state index contributed by atoms with van der Waals surface area (Å²) in [5, 5.41) is 2.73. The maximum absolute atomic E-state index is 4.75. The summed E-state index contributed by atoms with van der Waals surface area (Å²) in [4.78, 5) is 7.36. The number of benzene rings is 1. The lowest BCUT2D eigenvalue weighted by atomic mass is 9.98. The zero-order valence-electron chi connectivity index (χ0n) is 13.3. The minimum Gasteiger partial charge on any atom is -0.303 e. The number of pyridine rings is 1. The van der Waals surface area contributed by atoms with Crippen molar-refractivity contribution in [1.82, 2.24) is 9.88 Å². The number of nitrogens with zero attached hydrogens (tertiary/aromatic N) is 2. The van der Waals surface area contributed by atoms with Gasteiger partial charge in [-0.1, -0.05) is 44.5 Å². The lowest BCUT2D eigenvalue weighted by molar-refractivity contribution is 0.231. The van der Waals surface area contributed by atoms with E-state index in [0.29, 0.717) is 5.92 Å². The highest BCUT2D eigenvalue weighted by molar-refractivity contribution is 5.87. The Morgan fingerprint density at radius 3 is 2.48 bits per heavy atom. The van der Waals surface area contributed by atoms with Crippen LogP contribution in [0.1, 0.15) is 50.3 Å². The van der Waals surface area contributed by atoms with Gasteiger partial charge in [0, 0.05) is 18.1 Å². The van der Waals surface area contributed by atoms with E-state index >= 15 is 0 Å². The molecule has 1 aromatic carbocycles. The number of likely N-dealkylation sites (tertiary alicyclic amines) is 1. The minimum absolute atomic E-state index is 0.478. The fourth-order valence-electron chi connectivity index (χ4n) is 3.39. The quantitative estimate of drug-likeness (QED) is 0.827. The van der Waals surface area contributed by atoms with Gasteiger partial charge in [0.15, 0.2) is 0 Å². The van der Waals surface area contributed by atoms with E-state index in [2.05, 4.69) is 49.2 Å². The van der Waals surface area contributed by atoms with Gasteiger partial charge in [-0.15, -0.1) is 0 Å². The van der Waals surface area contributed by atoms with Gasteiger partial charge in [-0.25, -0.2) is 0 Å². The molecule has 0 saturated carbocycles. The molecule has 0 radical (unpaired) electrons. The summed E-state index contributed by atoms with van der Waals surface area (Å²) >= 11 is 0. The molecule has 0 atom stereocenters. The van der Waals surface area contributed by atoms with E-state index in [9.17, 15) is 0 Å². The Kier molecular flexibility index (Phi) is 4.54. The van der Waals surface area contributed by atoms with Gasteiger partial charge in [0.05, 0.1) is 5.69 Å². The fourth-order valence-corrected chi connectivity index (χ4v) is 3.39. The van der Waals surface area contributed by atoms with Gasteiger partial charge in [0.1, 0.15) is 0 Å². The van der Waals surface area contributed by atoms with Gasteiger partial charge in [0.25, 0.3) is 0 Å². The molecule has 0 N–H and O–H groups in total. The van der Waals surface area contributed by atoms with Gasteiger partial charge >= 0.3 is 0 Å². The van der Waals surface area contributed by atoms with Crippen molar-refractivity contribution in [2.24, 2.45) is 0 Å². The van der Waals surface area contributed by atoms with Crippen LogP contribution in [-0.2, 0) is 6.42 Å². The summed E-state index contributed by atoms with van der Waals surface area (Å²) in [6.45, 7) is 8.17. The predicted molar refractivity (Wildman–Crippen MR) is 89.8 cm³/mol. The number of piperidine rings is 1. The standard InChI is InChI=1S/C19H26N2/c1-15(2)19-18-9-5-4-8-17(18)16(14-20-19)10-13-21-11-6-3-7-12-21/h4-5,8-9,14-15H,3,6-7,10-13H2,1-2H3. The highest BCUT2D eigenvalue weighted by Gasteiger charge is 2.13. The average Bonchev–Trinajstić information content (AvgIpc) is 2.53. The Morgan fingerprint density at radius 2 is 1.76 bits per heavy atom. The molecule has 3 rings (SSSR count). The molecule has 1 aliphatic heterocycles. The maximum Gasteiger partial charge on any atom is 0.0507 e. The molecular formula is C19H26N2. The van der Waals surface area contributed by atoms with Crippen LogP contribution in [0.4, 0.5) is 0 Å². The van der Waals surface area contributed by atoms with Crippen LogP contribution in [0, 0.1) is 0 Å². The first-order chi connectivity index (χ1) is 10.3. The lowest BCUT2D eigenvalue weighted by Crippen LogP contribution is -2.31. The smallest absolute Gasteiger partial charge is 0.0507 e. The van der Waals surface area contributed by atoms with Gasteiger partial charge in [0.2, 0.25) is 0 Å². The van der Waals surface area contributed by atoms with Crippen LogP contribution in [0.2, 0.25) is 0 Å². The predicted octanol–water partition coefficient (Wildman–Crippen LogP) is 4.39. The number of aromatic nitrogens is 1. The molecule has 21 heavy (non-hydrogen) atoms. The highest BCUT2D eigenvalue weighted by atomic mass is 15.1. The van der Waals surface area contributed by atoms with E-state index in [1.807, 2.05) is 0 Å². The number of rotatable bonds is 4. The first-order valence-corrected chi connectivity index (χ1v) is 8.34. The molecule has 1 saturated heterocycles. The Morgan fingerprint density at radius 1 is 1.05 bits per heavy atom. The molecule has 1 fully saturated rings. The van der Waals surface area contributed by atoms with Crippen LogP contribution in [0.3, 0.4) is 0 Å². The third kappa shape index (κ3) is 3.26. The van der Waals surface area contributed by atoms with Crippen molar-refractivity contribution in [3.63, 3.8) is 0 Å². The van der Waals surface area contributed by atoms with E-state index in [1.54, 1.807) is 0 Å². The average molecular weight is 282 g/mol. The second-order valence-corrected chi connectivity index (χ2v) is 6.52. The molecule has 112 valence electrons. The van der Waals surface area contributed by atoms with Crippen molar-refractivity contribution in [3.8, 4) is 0 Å². The lowest BCUT2D eigenvalue weighted by Gasteiger charge is -2.26. The molecule has 0 aliphatic carbocycles. The molecule has 1 aliphatic rings. The van der Waals surface area contributed by atoms with E-state index in [-0.39, 0.29) is 0 Å². The largest absolute Gasteiger partial charge is 0.303 e. The van der Waals surface area contributed by atoms with Gasteiger partial charge in [-0.2, -0.15) is 0 Å². The van der Waals surface area contributed by atoms with Crippen LogP contribution < -0.4 is 0 Å². The summed E-state index contributed by atoms with van der Waals surface area (Å²) in [6.07, 6.45) is 7.37. The second kappa shape index (κ2) is 6.57. The Labute approximate surface area is 128 Å². The second-order valence-electron chi connectivity index (χ2n) is 6.52. The first-order valence-electron chi connectivity index (χ1n) is 8.34.